The monoisotopic (exact) mass is 415 g/mol. The Morgan fingerprint density at radius 1 is 1.21 bits per heavy atom. The quantitative estimate of drug-likeness (QED) is 0.393. The molecule has 4 nitrogen and oxygen atoms in total. The van der Waals surface area contributed by atoms with Crippen LogP contribution >= 0.6 is 23.2 Å². The molecule has 1 aromatic heterocycles. The summed E-state index contributed by atoms with van der Waals surface area (Å²) >= 11 is 12.2. The van der Waals surface area contributed by atoms with Gasteiger partial charge in [0.25, 0.3) is 5.91 Å². The Balaban J connectivity index is 1.75. The van der Waals surface area contributed by atoms with E-state index in [1.54, 1.807) is 18.2 Å². The van der Waals surface area contributed by atoms with E-state index in [1.807, 2.05) is 35.0 Å². The van der Waals surface area contributed by atoms with Gasteiger partial charge in [0.2, 0.25) is 0 Å². The molecular formula is C22H23Cl2N3O. The van der Waals surface area contributed by atoms with Crippen LogP contribution in [0.5, 0.6) is 0 Å². The Kier molecular flexibility index (Phi) is 7.19. The van der Waals surface area contributed by atoms with Gasteiger partial charge in [-0.2, -0.15) is 5.26 Å². The molecule has 1 aromatic carbocycles. The molecule has 1 aliphatic carbocycles. The third-order valence-corrected chi connectivity index (χ3v) is 5.66. The molecular weight excluding hydrogens is 393 g/mol. The minimum Gasteiger partial charge on any atom is -0.349 e. The molecule has 146 valence electrons. The molecule has 1 heterocycles. The number of nitriles is 1. The third kappa shape index (κ3) is 5.41. The summed E-state index contributed by atoms with van der Waals surface area (Å²) in [6.45, 7) is 0.526. The van der Waals surface area contributed by atoms with Crippen molar-refractivity contribution in [2.75, 3.05) is 0 Å². The van der Waals surface area contributed by atoms with Crippen molar-refractivity contribution in [2.45, 2.75) is 51.1 Å². The van der Waals surface area contributed by atoms with Crippen LogP contribution in [0.25, 0.3) is 6.08 Å². The van der Waals surface area contributed by atoms with Crippen molar-refractivity contribution in [1.29, 1.82) is 5.26 Å². The van der Waals surface area contributed by atoms with Gasteiger partial charge in [0.05, 0.1) is 0 Å². The zero-order valence-corrected chi connectivity index (χ0v) is 17.1. The number of rotatable bonds is 5. The number of halogens is 2. The normalized spacial score (nSPS) is 15.7. The van der Waals surface area contributed by atoms with E-state index in [2.05, 4.69) is 5.32 Å². The second kappa shape index (κ2) is 9.82. The second-order valence-electron chi connectivity index (χ2n) is 7.13. The summed E-state index contributed by atoms with van der Waals surface area (Å²) in [4.78, 5) is 12.6. The highest BCUT2D eigenvalue weighted by molar-refractivity contribution is 6.35. The van der Waals surface area contributed by atoms with Gasteiger partial charge in [-0.3, -0.25) is 4.79 Å². The molecule has 1 fully saturated rings. The largest absolute Gasteiger partial charge is 0.349 e. The van der Waals surface area contributed by atoms with E-state index in [0.717, 1.165) is 36.9 Å². The van der Waals surface area contributed by atoms with Gasteiger partial charge in [-0.15, -0.1) is 0 Å². The molecule has 0 aliphatic heterocycles. The fourth-order valence-electron chi connectivity index (χ4n) is 3.52. The summed E-state index contributed by atoms with van der Waals surface area (Å²) in [5, 5.41) is 13.7. The van der Waals surface area contributed by atoms with Crippen molar-refractivity contribution < 1.29 is 4.79 Å². The zero-order valence-electron chi connectivity index (χ0n) is 15.6. The van der Waals surface area contributed by atoms with Crippen LogP contribution in [0.15, 0.2) is 42.1 Å². The molecule has 0 atom stereocenters. The molecule has 1 amide bonds. The van der Waals surface area contributed by atoms with E-state index >= 15 is 0 Å². The molecule has 1 N–H and O–H groups in total. The fraction of sp³-hybridized carbons (Fsp3) is 0.364. The molecule has 3 rings (SSSR count). The van der Waals surface area contributed by atoms with Crippen molar-refractivity contribution in [2.24, 2.45) is 0 Å². The van der Waals surface area contributed by atoms with E-state index in [4.69, 9.17) is 23.2 Å². The Morgan fingerprint density at radius 3 is 2.64 bits per heavy atom. The lowest BCUT2D eigenvalue weighted by atomic mass is 10.1. The number of amides is 1. The van der Waals surface area contributed by atoms with Crippen molar-refractivity contribution in [3.63, 3.8) is 0 Å². The van der Waals surface area contributed by atoms with Gasteiger partial charge in [-0.25, -0.2) is 0 Å². The summed E-state index contributed by atoms with van der Waals surface area (Å²) in [7, 11) is 0. The number of carbonyl (C=O) groups excluding carboxylic acids is 1. The van der Waals surface area contributed by atoms with Gasteiger partial charge in [-0.05, 0) is 48.7 Å². The van der Waals surface area contributed by atoms with E-state index in [9.17, 15) is 10.1 Å². The molecule has 28 heavy (non-hydrogen) atoms. The molecule has 0 radical (unpaired) electrons. The maximum atomic E-state index is 12.6. The van der Waals surface area contributed by atoms with Crippen LogP contribution in [0.1, 0.15) is 49.8 Å². The average molecular weight is 416 g/mol. The summed E-state index contributed by atoms with van der Waals surface area (Å²) < 4.78 is 1.95. The van der Waals surface area contributed by atoms with Crippen LogP contribution in [0.4, 0.5) is 0 Å². The van der Waals surface area contributed by atoms with E-state index < -0.39 is 0 Å². The maximum absolute atomic E-state index is 12.6. The highest BCUT2D eigenvalue weighted by Gasteiger charge is 2.17. The molecule has 1 saturated carbocycles. The summed E-state index contributed by atoms with van der Waals surface area (Å²) in [5.74, 6) is -0.299. The molecule has 0 unspecified atom stereocenters. The number of nitrogens with one attached hydrogen (secondary N) is 1. The molecule has 1 aliphatic rings. The Hall–Kier alpha value is -2.22. The van der Waals surface area contributed by atoms with Crippen molar-refractivity contribution in [1.82, 2.24) is 9.88 Å². The number of nitrogens with zero attached hydrogens (tertiary/aromatic N) is 2. The topological polar surface area (TPSA) is 57.8 Å². The zero-order chi connectivity index (χ0) is 19.9. The predicted octanol–water partition coefficient (Wildman–Crippen LogP) is 5.59. The first-order valence-corrected chi connectivity index (χ1v) is 10.3. The fourth-order valence-corrected chi connectivity index (χ4v) is 3.99. The van der Waals surface area contributed by atoms with Crippen LogP contribution in [0, 0.1) is 11.3 Å². The molecule has 0 bridgehead atoms. The van der Waals surface area contributed by atoms with Gasteiger partial charge in [-0.1, -0.05) is 55.0 Å². The Morgan fingerprint density at radius 2 is 1.96 bits per heavy atom. The minimum atomic E-state index is -0.299. The Bertz CT molecular complexity index is 903. The van der Waals surface area contributed by atoms with E-state index in [-0.39, 0.29) is 17.5 Å². The number of carbonyl (C=O) groups is 1. The van der Waals surface area contributed by atoms with Crippen LogP contribution in [0.3, 0.4) is 0 Å². The van der Waals surface area contributed by atoms with Gasteiger partial charge in [0.1, 0.15) is 11.6 Å². The summed E-state index contributed by atoms with van der Waals surface area (Å²) in [5.41, 5.74) is 1.81. The predicted molar refractivity (Wildman–Crippen MR) is 113 cm³/mol. The van der Waals surface area contributed by atoms with E-state index in [1.165, 1.54) is 12.8 Å². The second-order valence-corrected chi connectivity index (χ2v) is 7.97. The highest BCUT2D eigenvalue weighted by Crippen LogP contribution is 2.23. The number of hydrogen-bond donors (Lipinski definition) is 1. The summed E-state index contributed by atoms with van der Waals surface area (Å²) in [6, 6.07) is 11.3. The molecule has 0 spiro atoms. The Labute approximate surface area is 175 Å². The van der Waals surface area contributed by atoms with Crippen molar-refractivity contribution in [3.8, 4) is 6.07 Å². The summed E-state index contributed by atoms with van der Waals surface area (Å²) in [6.07, 6.45) is 10.2. The van der Waals surface area contributed by atoms with Gasteiger partial charge in [0.15, 0.2) is 0 Å². The molecule has 0 saturated heterocycles. The van der Waals surface area contributed by atoms with E-state index in [0.29, 0.717) is 16.6 Å². The lowest BCUT2D eigenvalue weighted by Gasteiger charge is -2.16. The van der Waals surface area contributed by atoms with Crippen molar-refractivity contribution >= 4 is 35.2 Å². The lowest BCUT2D eigenvalue weighted by Crippen LogP contribution is -2.35. The van der Waals surface area contributed by atoms with Crippen LogP contribution < -0.4 is 5.32 Å². The van der Waals surface area contributed by atoms with Crippen LogP contribution in [-0.2, 0) is 11.3 Å². The first-order chi connectivity index (χ1) is 13.6. The molecule has 6 heteroatoms. The van der Waals surface area contributed by atoms with Gasteiger partial charge >= 0.3 is 0 Å². The first kappa shape index (κ1) is 20.5. The third-order valence-electron chi connectivity index (χ3n) is 5.07. The lowest BCUT2D eigenvalue weighted by molar-refractivity contribution is -0.117. The van der Waals surface area contributed by atoms with Gasteiger partial charge < -0.3 is 9.88 Å². The van der Waals surface area contributed by atoms with Gasteiger partial charge in [0, 0.05) is 34.5 Å². The standard InChI is InChI=1S/C22H23Cl2N3O/c23-18-10-9-16(21(24)13-18)15-27-11-5-8-20(27)12-17(14-25)22(28)26-19-6-3-1-2-4-7-19/h5,8-13,19H,1-4,6-7,15H2,(H,26,28)/b17-12+. The number of aromatic nitrogens is 1. The molecule has 2 aromatic rings. The van der Waals surface area contributed by atoms with Crippen LogP contribution in [0.2, 0.25) is 10.0 Å². The number of benzene rings is 1. The highest BCUT2D eigenvalue weighted by atomic mass is 35.5. The smallest absolute Gasteiger partial charge is 0.262 e. The first-order valence-electron chi connectivity index (χ1n) is 9.58. The number of hydrogen-bond acceptors (Lipinski definition) is 2. The van der Waals surface area contributed by atoms with Crippen molar-refractivity contribution in [3.05, 3.63) is 63.4 Å². The van der Waals surface area contributed by atoms with Crippen LogP contribution in [-0.4, -0.2) is 16.5 Å². The SMILES string of the molecule is N#C/C(=C\c1cccn1Cc1ccc(Cl)cc1Cl)C(=O)NC1CCCCCC1. The average Bonchev–Trinajstić information content (AvgIpc) is 2.94. The maximum Gasteiger partial charge on any atom is 0.262 e. The minimum absolute atomic E-state index is 0.117.